The van der Waals surface area contributed by atoms with E-state index in [0.29, 0.717) is 11.8 Å². The molecule has 3 heteroatoms. The van der Waals surface area contributed by atoms with Crippen LogP contribution in [0.5, 0.6) is 0 Å². The van der Waals surface area contributed by atoms with Gasteiger partial charge >= 0.3 is 11.9 Å². The number of carbonyl (C=O) groups excluding carboxylic acids is 2. The van der Waals surface area contributed by atoms with Gasteiger partial charge in [-0.05, 0) is 53.8 Å². The molecule has 8 unspecified atom stereocenters. The maximum absolute atomic E-state index is 12.2. The molecule has 5 rings (SSSR count). The average Bonchev–Trinajstić information content (AvgIpc) is 2.69. The van der Waals surface area contributed by atoms with Gasteiger partial charge in [-0.1, -0.05) is 13.8 Å². The molecule has 0 aromatic rings. The summed E-state index contributed by atoms with van der Waals surface area (Å²) < 4.78 is 5.02. The highest BCUT2D eigenvalue weighted by Gasteiger charge is 2.91. The van der Waals surface area contributed by atoms with E-state index < -0.39 is 0 Å². The SMILES string of the molecule is CCC12CC3CC1C1(C(C)C31)C1C(=O)OC(=O)C12. The van der Waals surface area contributed by atoms with Crippen LogP contribution < -0.4 is 0 Å². The van der Waals surface area contributed by atoms with Gasteiger partial charge in [-0.3, -0.25) is 9.59 Å². The molecule has 18 heavy (non-hydrogen) atoms. The van der Waals surface area contributed by atoms with Gasteiger partial charge in [-0.15, -0.1) is 0 Å². The van der Waals surface area contributed by atoms with Gasteiger partial charge in [0.05, 0.1) is 11.8 Å². The van der Waals surface area contributed by atoms with Crippen molar-refractivity contribution in [1.29, 1.82) is 0 Å². The van der Waals surface area contributed by atoms with E-state index in [1.54, 1.807) is 0 Å². The standard InChI is InChI=1S/C15H18O3/c1-3-14-5-7-4-8(14)15(6(2)9(7)15)11-10(14)12(16)18-13(11)17/h6-11H,3-5H2,1-2H3. The van der Waals surface area contributed by atoms with Crippen molar-refractivity contribution >= 4 is 11.9 Å². The summed E-state index contributed by atoms with van der Waals surface area (Å²) >= 11 is 0. The molecule has 8 atom stereocenters. The summed E-state index contributed by atoms with van der Waals surface area (Å²) in [5.41, 5.74) is 0.284. The molecule has 1 aliphatic heterocycles. The Morgan fingerprint density at radius 3 is 2.72 bits per heavy atom. The fourth-order valence-electron chi connectivity index (χ4n) is 7.46. The van der Waals surface area contributed by atoms with Gasteiger partial charge in [0.25, 0.3) is 0 Å². The van der Waals surface area contributed by atoms with Gasteiger partial charge in [-0.25, -0.2) is 0 Å². The van der Waals surface area contributed by atoms with Crippen molar-refractivity contribution in [3.63, 3.8) is 0 Å². The zero-order valence-electron chi connectivity index (χ0n) is 10.8. The summed E-state index contributed by atoms with van der Waals surface area (Å²) in [7, 11) is 0. The number of esters is 2. The molecule has 5 fully saturated rings. The number of cyclic esters (lactones) is 2. The van der Waals surface area contributed by atoms with Crippen molar-refractivity contribution in [2.45, 2.75) is 33.1 Å². The van der Waals surface area contributed by atoms with E-state index in [2.05, 4.69) is 13.8 Å². The normalized spacial score (nSPS) is 66.1. The van der Waals surface area contributed by atoms with E-state index in [1.807, 2.05) is 0 Å². The summed E-state index contributed by atoms with van der Waals surface area (Å²) in [5, 5.41) is 0. The second-order valence-electron chi connectivity index (χ2n) is 7.35. The van der Waals surface area contributed by atoms with Crippen LogP contribution in [0.3, 0.4) is 0 Å². The summed E-state index contributed by atoms with van der Waals surface area (Å²) in [5.74, 6) is 2.21. The smallest absolute Gasteiger partial charge is 0.318 e. The topological polar surface area (TPSA) is 43.4 Å². The third-order valence-electron chi connectivity index (χ3n) is 7.64. The van der Waals surface area contributed by atoms with Gasteiger partial charge in [0.2, 0.25) is 0 Å². The first-order chi connectivity index (χ1) is 8.59. The summed E-state index contributed by atoms with van der Waals surface area (Å²) in [4.78, 5) is 24.3. The van der Waals surface area contributed by atoms with E-state index in [0.717, 1.165) is 18.3 Å². The van der Waals surface area contributed by atoms with E-state index in [9.17, 15) is 9.59 Å². The molecular formula is C15H18O3. The summed E-state index contributed by atoms with van der Waals surface area (Å²) in [6.45, 7) is 4.50. The highest BCUT2D eigenvalue weighted by molar-refractivity contribution is 5.99. The first kappa shape index (κ1) is 9.99. The summed E-state index contributed by atoms with van der Waals surface area (Å²) in [6.07, 6.45) is 3.49. The third-order valence-corrected chi connectivity index (χ3v) is 7.64. The van der Waals surface area contributed by atoms with Crippen LogP contribution in [0.2, 0.25) is 0 Å². The Balaban J connectivity index is 1.78. The van der Waals surface area contributed by atoms with Gasteiger partial charge in [0.1, 0.15) is 0 Å². The van der Waals surface area contributed by atoms with Crippen LogP contribution in [-0.4, -0.2) is 11.9 Å². The molecule has 5 aliphatic rings. The first-order valence-electron chi connectivity index (χ1n) is 7.34. The van der Waals surface area contributed by atoms with Gasteiger partial charge in [0.15, 0.2) is 0 Å². The fourth-order valence-corrected chi connectivity index (χ4v) is 7.46. The summed E-state index contributed by atoms with van der Waals surface area (Å²) in [6, 6.07) is 0. The molecule has 4 saturated carbocycles. The molecular weight excluding hydrogens is 228 g/mol. The lowest BCUT2D eigenvalue weighted by molar-refractivity contribution is -0.157. The van der Waals surface area contributed by atoms with Gasteiger partial charge in [0, 0.05) is 0 Å². The average molecular weight is 246 g/mol. The number of fused-ring (bicyclic) bond motifs is 4. The minimum Gasteiger partial charge on any atom is -0.393 e. The van der Waals surface area contributed by atoms with Crippen molar-refractivity contribution in [2.24, 2.45) is 46.3 Å². The van der Waals surface area contributed by atoms with Gasteiger partial charge < -0.3 is 4.74 Å². The quantitative estimate of drug-likeness (QED) is 0.525. The number of hydrogen-bond acceptors (Lipinski definition) is 3. The predicted molar refractivity (Wildman–Crippen MR) is 62.1 cm³/mol. The fraction of sp³-hybridized carbons (Fsp3) is 0.867. The Morgan fingerprint density at radius 2 is 2.00 bits per heavy atom. The number of carbonyl (C=O) groups is 2. The van der Waals surface area contributed by atoms with Crippen LogP contribution >= 0.6 is 0 Å². The first-order valence-corrected chi connectivity index (χ1v) is 7.34. The maximum atomic E-state index is 12.2. The molecule has 96 valence electrons. The zero-order valence-corrected chi connectivity index (χ0v) is 10.8. The van der Waals surface area contributed by atoms with Crippen LogP contribution in [0.4, 0.5) is 0 Å². The Kier molecular flexibility index (Phi) is 1.34. The molecule has 0 aromatic heterocycles. The molecule has 0 N–H and O–H groups in total. The Bertz CT molecular complexity index is 490. The minimum absolute atomic E-state index is 0.0811. The van der Waals surface area contributed by atoms with Crippen LogP contribution in [0.1, 0.15) is 33.1 Å². The van der Waals surface area contributed by atoms with Crippen LogP contribution in [0, 0.1) is 46.3 Å². The molecule has 2 bridgehead atoms. The molecule has 0 radical (unpaired) electrons. The van der Waals surface area contributed by atoms with Crippen molar-refractivity contribution in [2.75, 3.05) is 0 Å². The second-order valence-corrected chi connectivity index (χ2v) is 7.35. The Labute approximate surface area is 106 Å². The Hall–Kier alpha value is -0.860. The van der Waals surface area contributed by atoms with Crippen LogP contribution in [-0.2, 0) is 14.3 Å². The lowest BCUT2D eigenvalue weighted by atomic mass is 9.68. The highest BCUT2D eigenvalue weighted by atomic mass is 16.6. The van der Waals surface area contributed by atoms with E-state index in [4.69, 9.17) is 4.74 Å². The molecule has 1 heterocycles. The maximum Gasteiger partial charge on any atom is 0.318 e. The largest absolute Gasteiger partial charge is 0.393 e. The zero-order chi connectivity index (χ0) is 12.4. The molecule has 3 nitrogen and oxygen atoms in total. The molecule has 4 aliphatic carbocycles. The third kappa shape index (κ3) is 0.633. The minimum atomic E-state index is -0.200. The predicted octanol–water partition coefficient (Wildman–Crippen LogP) is 2.00. The number of rotatable bonds is 1. The lowest BCUT2D eigenvalue weighted by Crippen LogP contribution is -2.34. The van der Waals surface area contributed by atoms with Gasteiger partial charge in [-0.2, -0.15) is 0 Å². The lowest BCUT2D eigenvalue weighted by Gasteiger charge is -2.35. The van der Waals surface area contributed by atoms with E-state index in [1.165, 1.54) is 12.8 Å². The second kappa shape index (κ2) is 2.41. The van der Waals surface area contributed by atoms with Crippen LogP contribution in [0.15, 0.2) is 0 Å². The molecule has 0 aromatic carbocycles. The molecule has 1 saturated heterocycles. The van der Waals surface area contributed by atoms with Crippen molar-refractivity contribution in [3.8, 4) is 0 Å². The Morgan fingerprint density at radius 1 is 1.28 bits per heavy atom. The van der Waals surface area contributed by atoms with E-state index in [-0.39, 0.29) is 34.6 Å². The van der Waals surface area contributed by atoms with Crippen molar-refractivity contribution in [3.05, 3.63) is 0 Å². The highest BCUT2D eigenvalue weighted by Crippen LogP contribution is 2.91. The molecule has 1 spiro atoms. The van der Waals surface area contributed by atoms with Crippen molar-refractivity contribution < 1.29 is 14.3 Å². The van der Waals surface area contributed by atoms with E-state index >= 15 is 0 Å². The van der Waals surface area contributed by atoms with Crippen molar-refractivity contribution in [1.82, 2.24) is 0 Å². The van der Waals surface area contributed by atoms with Crippen LogP contribution in [0.25, 0.3) is 0 Å². The number of ether oxygens (including phenoxy) is 1. The number of hydrogen-bond donors (Lipinski definition) is 0. The monoisotopic (exact) mass is 246 g/mol. The molecule has 0 amide bonds.